The van der Waals surface area contributed by atoms with Gasteiger partial charge in [0.25, 0.3) is 0 Å². The Balaban J connectivity index is 1.58. The number of carbonyl (C=O) groups is 1. The Bertz CT molecular complexity index is 938. The standard InChI is InChI=1S/C21H22N2O2/c1-14-4-3-5-15(10-14)12-23-20(24)21(8-9-21)18-13-22-19-7-6-16(25-2)11-17(18)19/h3-7,10-11,13,22H,8-9,12H2,1-2H3,(H,23,24). The molecule has 1 aliphatic carbocycles. The predicted octanol–water partition coefficient (Wildman–Crippen LogP) is 3.83. The van der Waals surface area contributed by atoms with Gasteiger partial charge in [-0.05, 0) is 49.1 Å². The fourth-order valence-corrected chi connectivity index (χ4v) is 3.54. The minimum Gasteiger partial charge on any atom is -0.497 e. The number of benzene rings is 2. The maximum Gasteiger partial charge on any atom is 0.231 e. The van der Waals surface area contributed by atoms with Crippen LogP contribution in [0.5, 0.6) is 5.75 Å². The molecule has 4 nitrogen and oxygen atoms in total. The second-order valence-corrected chi connectivity index (χ2v) is 6.87. The first kappa shape index (κ1) is 15.8. The average Bonchev–Trinajstić information content (AvgIpc) is 3.32. The number of carbonyl (C=O) groups excluding carboxylic acids is 1. The van der Waals surface area contributed by atoms with Crippen LogP contribution in [-0.2, 0) is 16.8 Å². The summed E-state index contributed by atoms with van der Waals surface area (Å²) >= 11 is 0. The third-order valence-electron chi connectivity index (χ3n) is 5.12. The fraction of sp³-hybridized carbons (Fsp3) is 0.286. The molecule has 2 N–H and O–H groups in total. The molecular formula is C21H22N2O2. The molecular weight excluding hydrogens is 312 g/mol. The van der Waals surface area contributed by atoms with E-state index in [0.717, 1.165) is 40.6 Å². The summed E-state index contributed by atoms with van der Waals surface area (Å²) in [7, 11) is 1.66. The van der Waals surface area contributed by atoms with Gasteiger partial charge in [-0.2, -0.15) is 0 Å². The summed E-state index contributed by atoms with van der Waals surface area (Å²) in [5.74, 6) is 0.919. The van der Waals surface area contributed by atoms with Crippen molar-refractivity contribution in [2.75, 3.05) is 7.11 Å². The molecule has 128 valence electrons. The van der Waals surface area contributed by atoms with Crippen molar-refractivity contribution in [3.8, 4) is 5.75 Å². The number of aromatic amines is 1. The molecule has 1 heterocycles. The number of methoxy groups -OCH3 is 1. The minimum atomic E-state index is -0.408. The second kappa shape index (κ2) is 5.96. The van der Waals surface area contributed by atoms with Crippen molar-refractivity contribution < 1.29 is 9.53 Å². The zero-order valence-corrected chi connectivity index (χ0v) is 14.6. The Hall–Kier alpha value is -2.75. The molecule has 1 aromatic heterocycles. The van der Waals surface area contributed by atoms with Gasteiger partial charge in [0.15, 0.2) is 0 Å². The maximum atomic E-state index is 12.9. The highest BCUT2D eigenvalue weighted by molar-refractivity contribution is 5.98. The lowest BCUT2D eigenvalue weighted by Crippen LogP contribution is -2.34. The first-order valence-corrected chi connectivity index (χ1v) is 8.62. The van der Waals surface area contributed by atoms with E-state index < -0.39 is 5.41 Å². The van der Waals surface area contributed by atoms with Crippen LogP contribution in [0.25, 0.3) is 10.9 Å². The van der Waals surface area contributed by atoms with Crippen molar-refractivity contribution in [2.45, 2.75) is 31.7 Å². The van der Waals surface area contributed by atoms with Crippen LogP contribution in [-0.4, -0.2) is 18.0 Å². The van der Waals surface area contributed by atoms with Gasteiger partial charge in [-0.1, -0.05) is 29.8 Å². The molecule has 0 atom stereocenters. The van der Waals surface area contributed by atoms with Gasteiger partial charge in [-0.3, -0.25) is 4.79 Å². The van der Waals surface area contributed by atoms with Crippen molar-refractivity contribution in [1.29, 1.82) is 0 Å². The van der Waals surface area contributed by atoms with Crippen LogP contribution < -0.4 is 10.1 Å². The average molecular weight is 334 g/mol. The van der Waals surface area contributed by atoms with Crippen LogP contribution >= 0.6 is 0 Å². The number of hydrogen-bond donors (Lipinski definition) is 2. The van der Waals surface area contributed by atoms with Gasteiger partial charge in [0.2, 0.25) is 5.91 Å². The SMILES string of the molecule is COc1ccc2[nH]cc(C3(C(=O)NCc4cccc(C)c4)CC3)c2c1. The summed E-state index contributed by atoms with van der Waals surface area (Å²) in [6.07, 6.45) is 3.75. The number of nitrogens with one attached hydrogen (secondary N) is 2. The van der Waals surface area contributed by atoms with Gasteiger partial charge < -0.3 is 15.0 Å². The molecule has 1 saturated carbocycles. The number of H-pyrrole nitrogens is 1. The monoisotopic (exact) mass is 334 g/mol. The third-order valence-corrected chi connectivity index (χ3v) is 5.12. The van der Waals surface area contributed by atoms with Crippen LogP contribution in [0.3, 0.4) is 0 Å². The summed E-state index contributed by atoms with van der Waals surface area (Å²) in [5.41, 5.74) is 4.03. The molecule has 1 amide bonds. The van der Waals surface area contributed by atoms with E-state index in [1.54, 1.807) is 7.11 Å². The molecule has 0 unspecified atom stereocenters. The molecule has 1 fully saturated rings. The first-order chi connectivity index (χ1) is 12.1. The van der Waals surface area contributed by atoms with Gasteiger partial charge in [0.1, 0.15) is 5.75 Å². The van der Waals surface area contributed by atoms with Gasteiger partial charge in [0, 0.05) is 23.6 Å². The van der Waals surface area contributed by atoms with Crippen LogP contribution in [0.15, 0.2) is 48.7 Å². The van der Waals surface area contributed by atoms with E-state index >= 15 is 0 Å². The topological polar surface area (TPSA) is 54.1 Å². The number of rotatable bonds is 5. The van der Waals surface area contributed by atoms with Crippen molar-refractivity contribution in [3.63, 3.8) is 0 Å². The summed E-state index contributed by atoms with van der Waals surface area (Å²) in [6.45, 7) is 2.63. The molecule has 0 saturated heterocycles. The molecule has 1 aliphatic rings. The largest absolute Gasteiger partial charge is 0.497 e. The van der Waals surface area contributed by atoms with Gasteiger partial charge in [-0.15, -0.1) is 0 Å². The van der Waals surface area contributed by atoms with E-state index in [2.05, 4.69) is 29.4 Å². The molecule has 25 heavy (non-hydrogen) atoms. The van der Waals surface area contributed by atoms with E-state index in [1.807, 2.05) is 36.5 Å². The summed E-state index contributed by atoms with van der Waals surface area (Å²) in [6, 6.07) is 14.2. The van der Waals surface area contributed by atoms with E-state index in [9.17, 15) is 4.79 Å². The van der Waals surface area contributed by atoms with E-state index in [0.29, 0.717) is 6.54 Å². The Morgan fingerprint density at radius 2 is 2.08 bits per heavy atom. The zero-order valence-electron chi connectivity index (χ0n) is 14.6. The first-order valence-electron chi connectivity index (χ1n) is 8.62. The molecule has 0 bridgehead atoms. The van der Waals surface area contributed by atoms with Gasteiger partial charge in [0.05, 0.1) is 12.5 Å². The van der Waals surface area contributed by atoms with E-state index in [4.69, 9.17) is 4.74 Å². The van der Waals surface area contributed by atoms with Crippen LogP contribution in [0.1, 0.15) is 29.5 Å². The lowest BCUT2D eigenvalue weighted by Gasteiger charge is -2.15. The van der Waals surface area contributed by atoms with Crippen LogP contribution in [0.2, 0.25) is 0 Å². The van der Waals surface area contributed by atoms with Crippen molar-refractivity contribution in [3.05, 3.63) is 65.4 Å². The maximum absolute atomic E-state index is 12.9. The number of hydrogen-bond acceptors (Lipinski definition) is 2. The minimum absolute atomic E-state index is 0.109. The number of ether oxygens (including phenoxy) is 1. The lowest BCUT2D eigenvalue weighted by molar-refractivity contribution is -0.123. The third kappa shape index (κ3) is 2.78. The van der Waals surface area contributed by atoms with Crippen molar-refractivity contribution in [2.24, 2.45) is 0 Å². The highest BCUT2D eigenvalue weighted by atomic mass is 16.5. The Labute approximate surface area is 147 Å². The molecule has 4 heteroatoms. The van der Waals surface area contributed by atoms with E-state index in [-0.39, 0.29) is 5.91 Å². The summed E-state index contributed by atoms with van der Waals surface area (Å²) in [4.78, 5) is 16.2. The second-order valence-electron chi connectivity index (χ2n) is 6.87. The number of aromatic nitrogens is 1. The molecule has 3 aromatic rings. The lowest BCUT2D eigenvalue weighted by atomic mass is 9.94. The molecule has 0 radical (unpaired) electrons. The van der Waals surface area contributed by atoms with Gasteiger partial charge >= 0.3 is 0 Å². The summed E-state index contributed by atoms with van der Waals surface area (Å²) < 4.78 is 5.34. The number of amides is 1. The highest BCUT2D eigenvalue weighted by Gasteiger charge is 2.52. The quantitative estimate of drug-likeness (QED) is 0.745. The Kier molecular flexibility index (Phi) is 3.75. The van der Waals surface area contributed by atoms with Crippen LogP contribution in [0, 0.1) is 6.92 Å². The fourth-order valence-electron chi connectivity index (χ4n) is 3.54. The molecule has 4 rings (SSSR count). The van der Waals surface area contributed by atoms with Crippen molar-refractivity contribution in [1.82, 2.24) is 10.3 Å². The number of aryl methyl sites for hydroxylation is 1. The number of fused-ring (bicyclic) bond motifs is 1. The van der Waals surface area contributed by atoms with E-state index in [1.165, 1.54) is 5.56 Å². The molecule has 2 aromatic carbocycles. The molecule has 0 spiro atoms. The predicted molar refractivity (Wildman–Crippen MR) is 98.8 cm³/mol. The Morgan fingerprint density at radius 3 is 2.80 bits per heavy atom. The van der Waals surface area contributed by atoms with Crippen LogP contribution in [0.4, 0.5) is 0 Å². The normalized spacial score (nSPS) is 15.1. The zero-order chi connectivity index (χ0) is 17.4. The molecule has 0 aliphatic heterocycles. The highest BCUT2D eigenvalue weighted by Crippen LogP contribution is 2.51. The smallest absolute Gasteiger partial charge is 0.231 e. The Morgan fingerprint density at radius 1 is 1.24 bits per heavy atom. The van der Waals surface area contributed by atoms with Gasteiger partial charge in [-0.25, -0.2) is 0 Å². The van der Waals surface area contributed by atoms with Crippen molar-refractivity contribution >= 4 is 16.8 Å². The summed E-state index contributed by atoms with van der Waals surface area (Å²) in [5, 5.41) is 4.20.